The Bertz CT molecular complexity index is 718. The Morgan fingerprint density at radius 2 is 1.76 bits per heavy atom. The van der Waals surface area contributed by atoms with Crippen LogP contribution in [0.4, 0.5) is 5.82 Å². The molecule has 0 saturated carbocycles. The molecular formula is C18H28N6O. The summed E-state index contributed by atoms with van der Waals surface area (Å²) in [6.07, 6.45) is 3.51. The molecule has 0 aromatic carbocycles. The van der Waals surface area contributed by atoms with Gasteiger partial charge in [-0.25, -0.2) is 9.97 Å². The molecule has 2 aromatic rings. The zero-order chi connectivity index (χ0) is 18.0. The number of piperazine rings is 1. The molecule has 1 aliphatic heterocycles. The highest BCUT2D eigenvalue weighted by atomic mass is 16.5. The Hall–Kier alpha value is -2.15. The SMILES string of the molecule is Cc1nn(C)c(C)c1CN1CCN(c2nccnc2OC(C)C)CC1. The third kappa shape index (κ3) is 3.92. The smallest absolute Gasteiger partial charge is 0.257 e. The van der Waals surface area contributed by atoms with Gasteiger partial charge in [0.25, 0.3) is 5.88 Å². The first-order valence-corrected chi connectivity index (χ1v) is 8.89. The Morgan fingerprint density at radius 3 is 2.36 bits per heavy atom. The number of hydrogen-bond acceptors (Lipinski definition) is 6. The van der Waals surface area contributed by atoms with E-state index in [1.54, 1.807) is 12.4 Å². The molecule has 0 aliphatic carbocycles. The normalized spacial score (nSPS) is 15.8. The molecule has 0 spiro atoms. The van der Waals surface area contributed by atoms with Gasteiger partial charge < -0.3 is 9.64 Å². The van der Waals surface area contributed by atoms with Crippen LogP contribution in [-0.2, 0) is 13.6 Å². The fourth-order valence-corrected chi connectivity index (χ4v) is 3.23. The van der Waals surface area contributed by atoms with E-state index in [0.717, 1.165) is 44.2 Å². The van der Waals surface area contributed by atoms with Gasteiger partial charge in [0.1, 0.15) is 0 Å². The van der Waals surface area contributed by atoms with Crippen LogP contribution < -0.4 is 9.64 Å². The Labute approximate surface area is 149 Å². The summed E-state index contributed by atoms with van der Waals surface area (Å²) in [5.41, 5.74) is 3.73. The van der Waals surface area contributed by atoms with E-state index in [4.69, 9.17) is 4.74 Å². The van der Waals surface area contributed by atoms with E-state index in [9.17, 15) is 0 Å². The average molecular weight is 344 g/mol. The summed E-state index contributed by atoms with van der Waals surface area (Å²) in [4.78, 5) is 13.6. The molecule has 0 unspecified atom stereocenters. The molecule has 1 saturated heterocycles. The van der Waals surface area contributed by atoms with Gasteiger partial charge >= 0.3 is 0 Å². The van der Waals surface area contributed by atoms with Crippen LogP contribution in [0.5, 0.6) is 5.88 Å². The Kier molecular flexibility index (Phi) is 5.22. The van der Waals surface area contributed by atoms with Crippen molar-refractivity contribution in [2.45, 2.75) is 40.3 Å². The molecule has 0 N–H and O–H groups in total. The van der Waals surface area contributed by atoms with E-state index < -0.39 is 0 Å². The first-order chi connectivity index (χ1) is 12.0. The van der Waals surface area contributed by atoms with E-state index >= 15 is 0 Å². The van der Waals surface area contributed by atoms with Crippen LogP contribution >= 0.6 is 0 Å². The fourth-order valence-electron chi connectivity index (χ4n) is 3.23. The van der Waals surface area contributed by atoms with Crippen molar-refractivity contribution >= 4 is 5.82 Å². The third-order valence-electron chi connectivity index (χ3n) is 4.71. The van der Waals surface area contributed by atoms with Crippen molar-refractivity contribution in [2.24, 2.45) is 7.05 Å². The lowest BCUT2D eigenvalue weighted by Crippen LogP contribution is -2.46. The number of rotatable bonds is 5. The summed E-state index contributed by atoms with van der Waals surface area (Å²) < 4.78 is 7.78. The van der Waals surface area contributed by atoms with Crippen LogP contribution in [0, 0.1) is 13.8 Å². The molecule has 7 heteroatoms. The average Bonchev–Trinajstić information content (AvgIpc) is 2.82. The monoisotopic (exact) mass is 344 g/mol. The van der Waals surface area contributed by atoms with Gasteiger partial charge in [0, 0.05) is 63.4 Å². The minimum atomic E-state index is 0.0910. The topological polar surface area (TPSA) is 59.3 Å². The largest absolute Gasteiger partial charge is 0.472 e. The molecule has 3 heterocycles. The molecule has 1 fully saturated rings. The number of anilines is 1. The number of aromatic nitrogens is 4. The van der Waals surface area contributed by atoms with Crippen LogP contribution in [0.2, 0.25) is 0 Å². The van der Waals surface area contributed by atoms with Gasteiger partial charge in [0.15, 0.2) is 5.82 Å². The highest BCUT2D eigenvalue weighted by Crippen LogP contribution is 2.25. The second-order valence-electron chi connectivity index (χ2n) is 6.89. The van der Waals surface area contributed by atoms with Crippen molar-refractivity contribution in [3.8, 4) is 5.88 Å². The van der Waals surface area contributed by atoms with E-state index in [2.05, 4.69) is 38.7 Å². The number of ether oxygens (including phenoxy) is 1. The quantitative estimate of drug-likeness (QED) is 0.826. The summed E-state index contributed by atoms with van der Waals surface area (Å²) in [5, 5.41) is 4.52. The molecule has 1 aliphatic rings. The standard InChI is InChI=1S/C18H28N6O/c1-13(2)25-18-17(19-6-7-20-18)24-10-8-23(9-11-24)12-16-14(3)21-22(5)15(16)4/h6-7,13H,8-12H2,1-5H3. The summed E-state index contributed by atoms with van der Waals surface area (Å²) in [6.45, 7) is 13.0. The molecule has 0 amide bonds. The van der Waals surface area contributed by atoms with Crippen LogP contribution in [0.1, 0.15) is 30.8 Å². The summed E-state index contributed by atoms with van der Waals surface area (Å²) in [7, 11) is 2.01. The second-order valence-corrected chi connectivity index (χ2v) is 6.89. The molecule has 2 aromatic heterocycles. The maximum atomic E-state index is 5.82. The molecule has 7 nitrogen and oxygen atoms in total. The number of nitrogens with zero attached hydrogens (tertiary/aromatic N) is 6. The van der Waals surface area contributed by atoms with E-state index in [1.807, 2.05) is 25.6 Å². The van der Waals surface area contributed by atoms with E-state index in [1.165, 1.54) is 11.3 Å². The van der Waals surface area contributed by atoms with Crippen molar-refractivity contribution in [2.75, 3.05) is 31.1 Å². The van der Waals surface area contributed by atoms with Gasteiger partial charge in [0.05, 0.1) is 11.8 Å². The second kappa shape index (κ2) is 7.39. The van der Waals surface area contributed by atoms with Crippen molar-refractivity contribution in [1.82, 2.24) is 24.6 Å². The van der Waals surface area contributed by atoms with Gasteiger partial charge in [-0.05, 0) is 27.7 Å². The number of aryl methyl sites for hydroxylation is 2. The van der Waals surface area contributed by atoms with Crippen LogP contribution in [0.3, 0.4) is 0 Å². The maximum Gasteiger partial charge on any atom is 0.257 e. The fraction of sp³-hybridized carbons (Fsp3) is 0.611. The van der Waals surface area contributed by atoms with Gasteiger partial charge in [-0.1, -0.05) is 0 Å². The van der Waals surface area contributed by atoms with Crippen LogP contribution in [-0.4, -0.2) is 56.9 Å². The lowest BCUT2D eigenvalue weighted by atomic mass is 10.1. The maximum absolute atomic E-state index is 5.82. The molecule has 25 heavy (non-hydrogen) atoms. The van der Waals surface area contributed by atoms with Crippen molar-refractivity contribution in [1.29, 1.82) is 0 Å². The molecule has 0 bridgehead atoms. The zero-order valence-electron chi connectivity index (χ0n) is 15.9. The minimum absolute atomic E-state index is 0.0910. The van der Waals surface area contributed by atoms with Gasteiger partial charge in [-0.15, -0.1) is 0 Å². The molecular weight excluding hydrogens is 316 g/mol. The third-order valence-corrected chi connectivity index (χ3v) is 4.71. The Morgan fingerprint density at radius 1 is 1.08 bits per heavy atom. The van der Waals surface area contributed by atoms with Gasteiger partial charge in [0.2, 0.25) is 0 Å². The molecule has 0 atom stereocenters. The van der Waals surface area contributed by atoms with Crippen LogP contribution in [0.15, 0.2) is 12.4 Å². The predicted molar refractivity (Wildman–Crippen MR) is 98.0 cm³/mol. The van der Waals surface area contributed by atoms with E-state index in [-0.39, 0.29) is 6.10 Å². The minimum Gasteiger partial charge on any atom is -0.472 e. The zero-order valence-corrected chi connectivity index (χ0v) is 15.9. The van der Waals surface area contributed by atoms with E-state index in [0.29, 0.717) is 5.88 Å². The van der Waals surface area contributed by atoms with Gasteiger partial charge in [-0.3, -0.25) is 9.58 Å². The van der Waals surface area contributed by atoms with Gasteiger partial charge in [-0.2, -0.15) is 5.10 Å². The lowest BCUT2D eigenvalue weighted by Gasteiger charge is -2.35. The molecule has 136 valence electrons. The highest BCUT2D eigenvalue weighted by molar-refractivity contribution is 5.48. The van der Waals surface area contributed by atoms with Crippen molar-refractivity contribution < 1.29 is 4.74 Å². The van der Waals surface area contributed by atoms with Crippen molar-refractivity contribution in [3.05, 3.63) is 29.3 Å². The molecule has 0 radical (unpaired) electrons. The molecule has 3 rings (SSSR count). The summed E-state index contributed by atoms with van der Waals surface area (Å²) >= 11 is 0. The first kappa shape index (κ1) is 17.7. The summed E-state index contributed by atoms with van der Waals surface area (Å²) in [6, 6.07) is 0. The summed E-state index contributed by atoms with van der Waals surface area (Å²) in [5.74, 6) is 1.48. The predicted octanol–water partition coefficient (Wildman–Crippen LogP) is 1.94. The van der Waals surface area contributed by atoms with Crippen LogP contribution in [0.25, 0.3) is 0 Å². The number of hydrogen-bond donors (Lipinski definition) is 0. The van der Waals surface area contributed by atoms with Crippen molar-refractivity contribution in [3.63, 3.8) is 0 Å². The lowest BCUT2D eigenvalue weighted by molar-refractivity contribution is 0.226. The Balaban J connectivity index is 1.64. The first-order valence-electron chi connectivity index (χ1n) is 8.89. The highest BCUT2D eigenvalue weighted by Gasteiger charge is 2.23.